The number of aryl methyl sites for hydroxylation is 2. The SMILES string of the molecule is Cc1ccc(OCC(=O)OCC(=O)Nc2ccc(CC#N)cc2)c(C)c1. The van der Waals surface area contributed by atoms with Gasteiger partial charge in [-0.3, -0.25) is 4.79 Å². The van der Waals surface area contributed by atoms with Crippen LogP contribution in [-0.2, 0) is 20.7 Å². The van der Waals surface area contributed by atoms with Crippen molar-refractivity contribution in [2.24, 2.45) is 0 Å². The van der Waals surface area contributed by atoms with Crippen LogP contribution in [0.3, 0.4) is 0 Å². The second-order valence-corrected chi connectivity index (χ2v) is 5.80. The predicted molar refractivity (Wildman–Crippen MR) is 96.8 cm³/mol. The van der Waals surface area contributed by atoms with Crippen LogP contribution in [0.1, 0.15) is 16.7 Å². The number of nitrogens with one attached hydrogen (secondary N) is 1. The van der Waals surface area contributed by atoms with Gasteiger partial charge in [-0.2, -0.15) is 5.26 Å². The van der Waals surface area contributed by atoms with E-state index < -0.39 is 18.5 Å². The zero-order chi connectivity index (χ0) is 18.9. The summed E-state index contributed by atoms with van der Waals surface area (Å²) in [6.07, 6.45) is 0.312. The summed E-state index contributed by atoms with van der Waals surface area (Å²) in [4.78, 5) is 23.5. The molecule has 6 heteroatoms. The molecule has 1 amide bonds. The lowest BCUT2D eigenvalue weighted by Gasteiger charge is -2.10. The molecule has 0 aliphatic heterocycles. The van der Waals surface area contributed by atoms with Crippen molar-refractivity contribution >= 4 is 17.6 Å². The van der Waals surface area contributed by atoms with Crippen LogP contribution in [-0.4, -0.2) is 25.1 Å². The van der Waals surface area contributed by atoms with Gasteiger partial charge in [0.2, 0.25) is 0 Å². The Hall–Kier alpha value is -3.33. The fourth-order valence-electron chi connectivity index (χ4n) is 2.28. The number of hydrogen-bond donors (Lipinski definition) is 1. The highest BCUT2D eigenvalue weighted by Crippen LogP contribution is 2.18. The lowest BCUT2D eigenvalue weighted by Crippen LogP contribution is -2.23. The quantitative estimate of drug-likeness (QED) is 0.774. The molecule has 26 heavy (non-hydrogen) atoms. The van der Waals surface area contributed by atoms with E-state index in [1.165, 1.54) is 0 Å². The van der Waals surface area contributed by atoms with Gasteiger partial charge >= 0.3 is 5.97 Å². The van der Waals surface area contributed by atoms with E-state index in [1.54, 1.807) is 30.3 Å². The van der Waals surface area contributed by atoms with Gasteiger partial charge < -0.3 is 14.8 Å². The molecule has 0 radical (unpaired) electrons. The predicted octanol–water partition coefficient (Wildman–Crippen LogP) is 2.93. The van der Waals surface area contributed by atoms with Gasteiger partial charge in [0.25, 0.3) is 5.91 Å². The Kier molecular flexibility index (Phi) is 6.75. The number of hydrogen-bond acceptors (Lipinski definition) is 5. The Balaban J connectivity index is 1.74. The highest BCUT2D eigenvalue weighted by molar-refractivity contribution is 5.92. The molecule has 0 saturated heterocycles. The molecule has 0 spiro atoms. The zero-order valence-electron chi connectivity index (χ0n) is 14.7. The maximum atomic E-state index is 11.8. The summed E-state index contributed by atoms with van der Waals surface area (Å²) in [6.45, 7) is 3.21. The maximum Gasteiger partial charge on any atom is 0.344 e. The number of carbonyl (C=O) groups excluding carboxylic acids is 2. The van der Waals surface area contributed by atoms with Crippen molar-refractivity contribution in [1.29, 1.82) is 5.26 Å². The molecule has 0 fully saturated rings. The van der Waals surface area contributed by atoms with Crippen LogP contribution in [0.4, 0.5) is 5.69 Å². The summed E-state index contributed by atoms with van der Waals surface area (Å²) in [5.74, 6) is -0.461. The Morgan fingerprint density at radius 1 is 1.08 bits per heavy atom. The van der Waals surface area contributed by atoms with Crippen LogP contribution in [0.15, 0.2) is 42.5 Å². The molecular weight excluding hydrogens is 332 g/mol. The summed E-state index contributed by atoms with van der Waals surface area (Å²) in [6, 6.07) is 14.6. The van der Waals surface area contributed by atoms with Gasteiger partial charge in [-0.15, -0.1) is 0 Å². The second-order valence-electron chi connectivity index (χ2n) is 5.80. The Morgan fingerprint density at radius 2 is 1.81 bits per heavy atom. The molecule has 6 nitrogen and oxygen atoms in total. The van der Waals surface area contributed by atoms with E-state index in [0.717, 1.165) is 16.7 Å². The van der Waals surface area contributed by atoms with Crippen LogP contribution >= 0.6 is 0 Å². The molecule has 2 aromatic rings. The van der Waals surface area contributed by atoms with Crippen molar-refractivity contribution in [3.63, 3.8) is 0 Å². The molecular formula is C20H20N2O4. The first-order valence-corrected chi connectivity index (χ1v) is 8.09. The number of rotatable bonds is 7. The summed E-state index contributed by atoms with van der Waals surface area (Å²) >= 11 is 0. The van der Waals surface area contributed by atoms with Crippen molar-refractivity contribution in [3.8, 4) is 11.8 Å². The van der Waals surface area contributed by atoms with Gasteiger partial charge in [-0.1, -0.05) is 29.8 Å². The minimum atomic E-state index is -0.621. The molecule has 0 aliphatic rings. The molecule has 1 N–H and O–H groups in total. The first-order chi connectivity index (χ1) is 12.5. The van der Waals surface area contributed by atoms with Crippen molar-refractivity contribution < 1.29 is 19.1 Å². The van der Waals surface area contributed by atoms with Gasteiger partial charge in [0, 0.05) is 5.69 Å². The van der Waals surface area contributed by atoms with E-state index in [4.69, 9.17) is 14.7 Å². The average Bonchev–Trinajstić information content (AvgIpc) is 2.61. The number of amides is 1. The lowest BCUT2D eigenvalue weighted by molar-refractivity contribution is -0.149. The monoisotopic (exact) mass is 352 g/mol. The number of anilines is 1. The minimum Gasteiger partial charge on any atom is -0.482 e. The molecule has 0 aromatic heterocycles. The second kappa shape index (κ2) is 9.23. The third-order valence-corrected chi connectivity index (χ3v) is 3.56. The van der Waals surface area contributed by atoms with Crippen LogP contribution < -0.4 is 10.1 Å². The molecule has 0 saturated carbocycles. The topological polar surface area (TPSA) is 88.4 Å². The summed E-state index contributed by atoms with van der Waals surface area (Å²) in [5.41, 5.74) is 3.46. The van der Waals surface area contributed by atoms with E-state index in [0.29, 0.717) is 17.9 Å². The molecule has 0 bridgehead atoms. The van der Waals surface area contributed by atoms with Crippen molar-refractivity contribution in [3.05, 3.63) is 59.2 Å². The standard InChI is InChI=1S/C20H20N2O4/c1-14-3-8-18(15(2)11-14)25-13-20(24)26-12-19(23)22-17-6-4-16(5-7-17)9-10-21/h3-8,11H,9,12-13H2,1-2H3,(H,22,23). The Labute approximate surface area is 152 Å². The third kappa shape index (κ3) is 5.95. The fourth-order valence-corrected chi connectivity index (χ4v) is 2.28. The number of esters is 1. The molecule has 0 unspecified atom stereocenters. The first kappa shape index (κ1) is 19.0. The van der Waals surface area contributed by atoms with Crippen LogP contribution in [0, 0.1) is 25.2 Å². The third-order valence-electron chi connectivity index (χ3n) is 3.56. The van der Waals surface area contributed by atoms with E-state index >= 15 is 0 Å². The number of ether oxygens (including phenoxy) is 2. The van der Waals surface area contributed by atoms with Crippen molar-refractivity contribution in [2.75, 3.05) is 18.5 Å². The molecule has 0 atom stereocenters. The van der Waals surface area contributed by atoms with Gasteiger partial charge in [0.05, 0.1) is 12.5 Å². The Morgan fingerprint density at radius 3 is 2.46 bits per heavy atom. The van der Waals surface area contributed by atoms with E-state index in [2.05, 4.69) is 11.4 Å². The highest BCUT2D eigenvalue weighted by atomic mass is 16.6. The van der Waals surface area contributed by atoms with E-state index in [-0.39, 0.29) is 6.61 Å². The molecule has 2 aromatic carbocycles. The van der Waals surface area contributed by atoms with E-state index in [1.807, 2.05) is 26.0 Å². The number of carbonyl (C=O) groups is 2. The van der Waals surface area contributed by atoms with Gasteiger partial charge in [0.1, 0.15) is 5.75 Å². The van der Waals surface area contributed by atoms with Gasteiger partial charge in [-0.05, 0) is 43.2 Å². The summed E-state index contributed by atoms with van der Waals surface area (Å²) < 4.78 is 10.3. The smallest absolute Gasteiger partial charge is 0.344 e. The van der Waals surface area contributed by atoms with Crippen molar-refractivity contribution in [2.45, 2.75) is 20.3 Å². The summed E-state index contributed by atoms with van der Waals surface area (Å²) in [5, 5.41) is 11.2. The summed E-state index contributed by atoms with van der Waals surface area (Å²) in [7, 11) is 0. The van der Waals surface area contributed by atoms with Gasteiger partial charge in [-0.25, -0.2) is 4.79 Å². The highest BCUT2D eigenvalue weighted by Gasteiger charge is 2.10. The number of benzene rings is 2. The minimum absolute atomic E-state index is 0.264. The normalized spacial score (nSPS) is 9.88. The zero-order valence-corrected chi connectivity index (χ0v) is 14.7. The fraction of sp³-hybridized carbons (Fsp3) is 0.250. The lowest BCUT2D eigenvalue weighted by atomic mass is 10.1. The van der Waals surface area contributed by atoms with Crippen LogP contribution in [0.5, 0.6) is 5.75 Å². The molecule has 0 aliphatic carbocycles. The van der Waals surface area contributed by atoms with Crippen molar-refractivity contribution in [1.82, 2.24) is 0 Å². The van der Waals surface area contributed by atoms with Crippen LogP contribution in [0.25, 0.3) is 0 Å². The largest absolute Gasteiger partial charge is 0.482 e. The van der Waals surface area contributed by atoms with E-state index in [9.17, 15) is 9.59 Å². The number of nitriles is 1. The first-order valence-electron chi connectivity index (χ1n) is 8.09. The molecule has 0 heterocycles. The van der Waals surface area contributed by atoms with Gasteiger partial charge in [0.15, 0.2) is 13.2 Å². The molecule has 2 rings (SSSR count). The maximum absolute atomic E-state index is 11.8. The average molecular weight is 352 g/mol. The number of nitrogens with zero attached hydrogens (tertiary/aromatic N) is 1. The van der Waals surface area contributed by atoms with Crippen LogP contribution in [0.2, 0.25) is 0 Å². The Bertz CT molecular complexity index is 823. The molecule has 134 valence electrons.